The number of aromatic nitrogens is 1. The zero-order valence-corrected chi connectivity index (χ0v) is 14.5. The van der Waals surface area contributed by atoms with Crippen molar-refractivity contribution in [3.63, 3.8) is 0 Å². The van der Waals surface area contributed by atoms with Crippen LogP contribution in [0, 0.1) is 17.2 Å². The van der Waals surface area contributed by atoms with E-state index in [1.807, 2.05) is 6.92 Å². The molecule has 0 saturated carbocycles. The standard InChI is InChI=1S/C15H21ClN4OS/c1-3-5-10(2)18-14(21)11-6-4-7-20(9-11)15-12(8-17)13(16)19-22-15/h10-11H,3-7,9H2,1-2H3,(H,18,21). The number of hydrogen-bond donors (Lipinski definition) is 1. The lowest BCUT2D eigenvalue weighted by Gasteiger charge is -2.33. The normalized spacial score (nSPS) is 19.5. The Morgan fingerprint density at radius 1 is 1.68 bits per heavy atom. The molecule has 7 heteroatoms. The Kier molecular flexibility index (Phi) is 6.04. The van der Waals surface area contributed by atoms with E-state index in [-0.39, 0.29) is 23.0 Å². The topological polar surface area (TPSA) is 69.0 Å². The van der Waals surface area contributed by atoms with E-state index in [1.165, 1.54) is 11.5 Å². The maximum atomic E-state index is 12.4. The van der Waals surface area contributed by atoms with Crippen LogP contribution in [-0.4, -0.2) is 29.4 Å². The number of amides is 1. The van der Waals surface area contributed by atoms with Gasteiger partial charge in [-0.05, 0) is 37.7 Å². The number of carbonyl (C=O) groups is 1. The monoisotopic (exact) mass is 340 g/mol. The number of nitriles is 1. The van der Waals surface area contributed by atoms with Crippen molar-refractivity contribution >= 4 is 34.0 Å². The maximum absolute atomic E-state index is 12.4. The van der Waals surface area contributed by atoms with Gasteiger partial charge < -0.3 is 10.2 Å². The first-order valence-corrected chi connectivity index (χ1v) is 8.82. The van der Waals surface area contributed by atoms with E-state index in [0.717, 1.165) is 37.2 Å². The van der Waals surface area contributed by atoms with Gasteiger partial charge in [-0.2, -0.15) is 9.64 Å². The molecule has 0 aliphatic carbocycles. The number of nitrogens with one attached hydrogen (secondary N) is 1. The molecule has 22 heavy (non-hydrogen) atoms. The summed E-state index contributed by atoms with van der Waals surface area (Å²) in [7, 11) is 0. The van der Waals surface area contributed by atoms with Crippen LogP contribution in [0.15, 0.2) is 0 Å². The largest absolute Gasteiger partial charge is 0.360 e. The summed E-state index contributed by atoms with van der Waals surface area (Å²) in [5.74, 6) is 0.0697. The second kappa shape index (κ2) is 7.80. The van der Waals surface area contributed by atoms with Crippen LogP contribution in [0.4, 0.5) is 5.00 Å². The Morgan fingerprint density at radius 2 is 2.45 bits per heavy atom. The summed E-state index contributed by atoms with van der Waals surface area (Å²) in [5.41, 5.74) is 0.423. The van der Waals surface area contributed by atoms with E-state index in [1.54, 1.807) is 0 Å². The second-order valence-electron chi connectivity index (χ2n) is 5.75. The highest BCUT2D eigenvalue weighted by Gasteiger charge is 2.29. The molecule has 0 radical (unpaired) electrons. The molecule has 2 atom stereocenters. The number of hydrogen-bond acceptors (Lipinski definition) is 5. The summed E-state index contributed by atoms with van der Waals surface area (Å²) in [6.07, 6.45) is 3.87. The van der Waals surface area contributed by atoms with Crippen LogP contribution < -0.4 is 10.2 Å². The molecule has 2 heterocycles. The van der Waals surface area contributed by atoms with E-state index in [9.17, 15) is 10.1 Å². The van der Waals surface area contributed by atoms with Crippen LogP contribution >= 0.6 is 23.1 Å². The number of carbonyl (C=O) groups excluding carboxylic acids is 1. The number of piperidine rings is 1. The lowest BCUT2D eigenvalue weighted by atomic mass is 9.96. The van der Waals surface area contributed by atoms with E-state index in [4.69, 9.17) is 11.6 Å². The van der Waals surface area contributed by atoms with E-state index >= 15 is 0 Å². The maximum Gasteiger partial charge on any atom is 0.225 e. The highest BCUT2D eigenvalue weighted by atomic mass is 35.5. The van der Waals surface area contributed by atoms with Crippen molar-refractivity contribution in [2.45, 2.75) is 45.6 Å². The first kappa shape index (κ1) is 17.0. The molecule has 0 spiro atoms. The van der Waals surface area contributed by atoms with Crippen molar-refractivity contribution in [3.05, 3.63) is 10.7 Å². The molecule has 120 valence electrons. The van der Waals surface area contributed by atoms with Crippen LogP contribution in [0.25, 0.3) is 0 Å². The van der Waals surface area contributed by atoms with Crippen LogP contribution in [0.2, 0.25) is 5.15 Å². The fraction of sp³-hybridized carbons (Fsp3) is 0.667. The summed E-state index contributed by atoms with van der Waals surface area (Å²) < 4.78 is 4.05. The molecule has 1 fully saturated rings. The van der Waals surface area contributed by atoms with Crippen LogP contribution in [-0.2, 0) is 4.79 Å². The van der Waals surface area contributed by atoms with Gasteiger partial charge in [0.25, 0.3) is 0 Å². The smallest absolute Gasteiger partial charge is 0.225 e. The molecule has 0 bridgehead atoms. The molecule has 1 amide bonds. The molecule has 1 aromatic heterocycles. The predicted molar refractivity (Wildman–Crippen MR) is 89.3 cm³/mol. The van der Waals surface area contributed by atoms with Crippen LogP contribution in [0.5, 0.6) is 0 Å². The van der Waals surface area contributed by atoms with Crippen molar-refractivity contribution < 1.29 is 4.79 Å². The third-order valence-electron chi connectivity index (χ3n) is 3.93. The lowest BCUT2D eigenvalue weighted by molar-refractivity contribution is -0.125. The highest BCUT2D eigenvalue weighted by Crippen LogP contribution is 2.33. The quantitative estimate of drug-likeness (QED) is 0.893. The summed E-state index contributed by atoms with van der Waals surface area (Å²) >= 11 is 7.17. The van der Waals surface area contributed by atoms with Crippen molar-refractivity contribution in [2.24, 2.45) is 5.92 Å². The fourth-order valence-corrected chi connectivity index (χ4v) is 3.88. The van der Waals surface area contributed by atoms with Gasteiger partial charge in [-0.3, -0.25) is 4.79 Å². The molecule has 2 rings (SSSR count). The highest BCUT2D eigenvalue weighted by molar-refractivity contribution is 7.10. The van der Waals surface area contributed by atoms with Gasteiger partial charge >= 0.3 is 0 Å². The van der Waals surface area contributed by atoms with Gasteiger partial charge in [0.1, 0.15) is 16.6 Å². The molecule has 1 saturated heterocycles. The summed E-state index contributed by atoms with van der Waals surface area (Å²) in [5, 5.41) is 13.3. The molecular weight excluding hydrogens is 320 g/mol. The zero-order valence-electron chi connectivity index (χ0n) is 12.9. The lowest BCUT2D eigenvalue weighted by Crippen LogP contribution is -2.45. The third-order valence-corrected chi connectivity index (χ3v) is 5.22. The molecule has 0 aromatic carbocycles. The minimum Gasteiger partial charge on any atom is -0.360 e. The molecule has 5 nitrogen and oxygen atoms in total. The third kappa shape index (κ3) is 3.90. The Balaban J connectivity index is 2.03. The fourth-order valence-electron chi connectivity index (χ4n) is 2.81. The molecular formula is C15H21ClN4OS. The Hall–Kier alpha value is -1.32. The molecule has 1 aromatic rings. The average molecular weight is 341 g/mol. The number of nitrogens with zero attached hydrogens (tertiary/aromatic N) is 3. The molecule has 1 N–H and O–H groups in total. The van der Waals surface area contributed by atoms with Gasteiger partial charge in [-0.15, -0.1) is 0 Å². The average Bonchev–Trinajstić information content (AvgIpc) is 2.88. The van der Waals surface area contributed by atoms with Crippen molar-refractivity contribution in [1.82, 2.24) is 9.69 Å². The number of anilines is 1. The zero-order chi connectivity index (χ0) is 16.1. The van der Waals surface area contributed by atoms with Gasteiger partial charge in [-0.25, -0.2) is 0 Å². The van der Waals surface area contributed by atoms with Gasteiger partial charge in [-0.1, -0.05) is 24.9 Å². The predicted octanol–water partition coefficient (Wildman–Crippen LogP) is 3.19. The molecule has 1 aliphatic heterocycles. The van der Waals surface area contributed by atoms with Crippen molar-refractivity contribution in [3.8, 4) is 6.07 Å². The van der Waals surface area contributed by atoms with E-state index < -0.39 is 0 Å². The van der Waals surface area contributed by atoms with Gasteiger partial charge in [0, 0.05) is 19.1 Å². The summed E-state index contributed by atoms with van der Waals surface area (Å²) in [6, 6.07) is 2.32. The van der Waals surface area contributed by atoms with E-state index in [0.29, 0.717) is 12.1 Å². The summed E-state index contributed by atoms with van der Waals surface area (Å²) in [6.45, 7) is 5.61. The van der Waals surface area contributed by atoms with Gasteiger partial charge in [0.15, 0.2) is 5.15 Å². The van der Waals surface area contributed by atoms with Crippen LogP contribution in [0.1, 0.15) is 45.1 Å². The van der Waals surface area contributed by atoms with Gasteiger partial charge in [0.05, 0.1) is 5.92 Å². The Bertz CT molecular complexity index is 568. The summed E-state index contributed by atoms with van der Waals surface area (Å²) in [4.78, 5) is 14.4. The number of rotatable bonds is 5. The SMILES string of the molecule is CCCC(C)NC(=O)C1CCCN(c2snc(Cl)c2C#N)C1. The first-order valence-electron chi connectivity index (χ1n) is 7.67. The van der Waals surface area contributed by atoms with Gasteiger partial charge in [0.2, 0.25) is 5.91 Å². The molecule has 2 unspecified atom stereocenters. The van der Waals surface area contributed by atoms with Crippen molar-refractivity contribution in [2.75, 3.05) is 18.0 Å². The number of halogens is 1. The Labute approximate surface area is 140 Å². The van der Waals surface area contributed by atoms with E-state index in [2.05, 4.69) is 27.6 Å². The van der Waals surface area contributed by atoms with Crippen LogP contribution in [0.3, 0.4) is 0 Å². The first-order chi connectivity index (χ1) is 10.6. The second-order valence-corrected chi connectivity index (χ2v) is 6.86. The van der Waals surface area contributed by atoms with Crippen molar-refractivity contribution in [1.29, 1.82) is 5.26 Å². The minimum absolute atomic E-state index is 0.0412. The minimum atomic E-state index is -0.0412. The molecule has 1 aliphatic rings. The Morgan fingerprint density at radius 3 is 3.14 bits per heavy atom.